The van der Waals surface area contributed by atoms with Gasteiger partial charge in [-0.15, -0.1) is 0 Å². The number of ketones is 2. The van der Waals surface area contributed by atoms with Gasteiger partial charge in [0.05, 0.1) is 5.57 Å². The summed E-state index contributed by atoms with van der Waals surface area (Å²) in [7, 11) is 0. The van der Waals surface area contributed by atoms with E-state index in [-0.39, 0.29) is 48.1 Å². The Bertz CT molecular complexity index is 699. The number of ether oxygens (including phenoxy) is 1. The van der Waals surface area contributed by atoms with Crippen molar-refractivity contribution in [2.24, 2.45) is 0 Å². The summed E-state index contributed by atoms with van der Waals surface area (Å²) in [6.45, 7) is 6.79. The zero-order chi connectivity index (χ0) is 18.0. The van der Waals surface area contributed by atoms with E-state index >= 15 is 0 Å². The maximum Gasteiger partial charge on any atom is 0.308 e. The lowest BCUT2D eigenvalue weighted by atomic mass is 9.76. The lowest BCUT2D eigenvalue weighted by molar-refractivity contribution is -0.132. The molecule has 1 aromatic rings. The lowest BCUT2D eigenvalue weighted by Gasteiger charge is -2.26. The van der Waals surface area contributed by atoms with Crippen LogP contribution in [0.5, 0.6) is 5.75 Å². The summed E-state index contributed by atoms with van der Waals surface area (Å²) >= 11 is 0. The van der Waals surface area contributed by atoms with Gasteiger partial charge in [0.15, 0.2) is 11.6 Å². The Morgan fingerprint density at radius 2 is 1.67 bits per heavy atom. The molecular weight excluding hydrogens is 308 g/mol. The van der Waals surface area contributed by atoms with Gasteiger partial charge in [0.2, 0.25) is 0 Å². The van der Waals surface area contributed by atoms with E-state index in [9.17, 15) is 19.5 Å². The molecule has 0 aliphatic heterocycles. The molecule has 2 rings (SSSR count). The van der Waals surface area contributed by atoms with Crippen LogP contribution in [0.25, 0.3) is 0 Å². The Kier molecular flexibility index (Phi) is 5.22. The highest BCUT2D eigenvalue weighted by Crippen LogP contribution is 2.37. The van der Waals surface area contributed by atoms with Crippen LogP contribution in [0, 0.1) is 13.8 Å². The van der Waals surface area contributed by atoms with Crippen molar-refractivity contribution in [3.8, 4) is 5.75 Å². The summed E-state index contributed by atoms with van der Waals surface area (Å²) in [6.07, 6.45) is 0.659. The molecular formula is C19H22O5. The monoisotopic (exact) mass is 330 g/mol. The van der Waals surface area contributed by atoms with Gasteiger partial charge >= 0.3 is 5.97 Å². The predicted octanol–water partition coefficient (Wildman–Crippen LogP) is 3.47. The highest BCUT2D eigenvalue weighted by atomic mass is 16.5. The quantitative estimate of drug-likeness (QED) is 0.302. The lowest BCUT2D eigenvalue weighted by Crippen LogP contribution is -2.27. The summed E-state index contributed by atoms with van der Waals surface area (Å²) < 4.78 is 5.11. The number of rotatable bonds is 3. The van der Waals surface area contributed by atoms with Gasteiger partial charge in [-0.2, -0.15) is 0 Å². The van der Waals surface area contributed by atoms with Crippen LogP contribution in [0.4, 0.5) is 0 Å². The van der Waals surface area contributed by atoms with Crippen LogP contribution in [0.2, 0.25) is 0 Å². The van der Waals surface area contributed by atoms with Gasteiger partial charge in [-0.25, -0.2) is 0 Å². The number of hydrogen-bond acceptors (Lipinski definition) is 5. The van der Waals surface area contributed by atoms with Crippen molar-refractivity contribution in [2.75, 3.05) is 0 Å². The molecule has 0 heterocycles. The number of esters is 1. The Morgan fingerprint density at radius 1 is 1.17 bits per heavy atom. The van der Waals surface area contributed by atoms with Crippen molar-refractivity contribution in [1.82, 2.24) is 0 Å². The second-order valence-corrected chi connectivity index (χ2v) is 6.19. The average molecular weight is 330 g/mol. The second-order valence-electron chi connectivity index (χ2n) is 6.19. The minimum absolute atomic E-state index is 0.0411. The fourth-order valence-corrected chi connectivity index (χ4v) is 3.39. The third-order valence-corrected chi connectivity index (χ3v) is 4.28. The first-order valence-electron chi connectivity index (χ1n) is 8.02. The average Bonchev–Trinajstić information content (AvgIpc) is 2.44. The molecule has 0 bridgehead atoms. The molecule has 1 aliphatic carbocycles. The largest absolute Gasteiger partial charge is 0.511 e. The van der Waals surface area contributed by atoms with Crippen LogP contribution >= 0.6 is 0 Å². The summed E-state index contributed by atoms with van der Waals surface area (Å²) in [5, 5.41) is 9.80. The molecule has 0 saturated heterocycles. The predicted molar refractivity (Wildman–Crippen MR) is 89.2 cm³/mol. The first kappa shape index (κ1) is 17.9. The van der Waals surface area contributed by atoms with Crippen LogP contribution in [0.3, 0.4) is 0 Å². The Balaban J connectivity index is 2.36. The number of allylic oxidation sites excluding steroid dienone is 2. The molecule has 5 heteroatoms. The van der Waals surface area contributed by atoms with E-state index in [2.05, 4.69) is 0 Å². The summed E-state index contributed by atoms with van der Waals surface area (Å²) in [4.78, 5) is 35.7. The van der Waals surface area contributed by atoms with Crippen LogP contribution in [-0.4, -0.2) is 22.6 Å². The Labute approximate surface area is 141 Å². The normalized spacial score (nSPS) is 17.8. The molecule has 0 atom stereocenters. The fourth-order valence-electron chi connectivity index (χ4n) is 3.39. The molecule has 5 nitrogen and oxygen atoms in total. The maximum absolute atomic E-state index is 12.3. The molecule has 1 N–H and O–H groups in total. The van der Waals surface area contributed by atoms with E-state index in [1.54, 1.807) is 19.1 Å². The van der Waals surface area contributed by atoms with E-state index in [1.165, 1.54) is 6.92 Å². The minimum atomic E-state index is -0.394. The van der Waals surface area contributed by atoms with Crippen molar-refractivity contribution >= 4 is 17.5 Å². The molecule has 1 saturated carbocycles. The Hall–Kier alpha value is -2.43. The molecule has 0 aromatic heterocycles. The van der Waals surface area contributed by atoms with Gasteiger partial charge < -0.3 is 9.84 Å². The molecule has 128 valence electrons. The molecule has 0 amide bonds. The molecule has 0 spiro atoms. The van der Waals surface area contributed by atoms with Gasteiger partial charge in [0, 0.05) is 26.2 Å². The molecule has 0 radical (unpaired) electrons. The summed E-state index contributed by atoms with van der Waals surface area (Å²) in [5.41, 5.74) is 2.65. The standard InChI is InChI=1S/C19H22O5/c1-5-15(21)19-16(22)8-13(9-17(19)23)18-10(2)6-14(7-11(18)3)24-12(4)20/h6-7,13,21H,5,8-9H2,1-4H3. The minimum Gasteiger partial charge on any atom is -0.511 e. The van der Waals surface area contributed by atoms with Crippen molar-refractivity contribution in [3.05, 3.63) is 40.2 Å². The smallest absolute Gasteiger partial charge is 0.308 e. The van der Waals surface area contributed by atoms with Crippen molar-refractivity contribution in [3.63, 3.8) is 0 Å². The zero-order valence-corrected chi connectivity index (χ0v) is 14.4. The van der Waals surface area contributed by atoms with Crippen molar-refractivity contribution < 1.29 is 24.2 Å². The van der Waals surface area contributed by atoms with Crippen LogP contribution in [-0.2, 0) is 14.4 Å². The molecule has 1 fully saturated rings. The first-order chi connectivity index (χ1) is 11.2. The number of Topliss-reactive ketones (excluding diaryl/α,β-unsaturated/α-hetero) is 2. The topological polar surface area (TPSA) is 80.7 Å². The van der Waals surface area contributed by atoms with E-state index in [0.29, 0.717) is 5.75 Å². The van der Waals surface area contributed by atoms with Crippen molar-refractivity contribution in [2.45, 2.75) is 52.9 Å². The molecule has 24 heavy (non-hydrogen) atoms. The number of benzene rings is 1. The number of carbonyl (C=O) groups excluding carboxylic acids is 3. The maximum atomic E-state index is 12.3. The van der Waals surface area contributed by atoms with Crippen LogP contribution in [0.15, 0.2) is 23.5 Å². The third kappa shape index (κ3) is 3.55. The van der Waals surface area contributed by atoms with E-state index in [0.717, 1.165) is 16.7 Å². The Morgan fingerprint density at radius 3 is 2.08 bits per heavy atom. The first-order valence-corrected chi connectivity index (χ1v) is 8.02. The molecule has 0 unspecified atom stereocenters. The SMILES string of the molecule is CCC(O)=C1C(=O)CC(c2c(C)cc(OC(C)=O)cc2C)CC1=O. The van der Waals surface area contributed by atoms with Gasteiger partial charge in [0.25, 0.3) is 0 Å². The summed E-state index contributed by atoms with van der Waals surface area (Å²) in [6, 6.07) is 3.49. The number of hydrogen-bond donors (Lipinski definition) is 1. The zero-order valence-electron chi connectivity index (χ0n) is 14.4. The van der Waals surface area contributed by atoms with Gasteiger partial charge in [-0.1, -0.05) is 6.92 Å². The van der Waals surface area contributed by atoms with Crippen LogP contribution in [0.1, 0.15) is 55.7 Å². The molecule has 1 aromatic carbocycles. The van der Waals surface area contributed by atoms with E-state index in [4.69, 9.17) is 4.74 Å². The van der Waals surface area contributed by atoms with Gasteiger partial charge in [-0.3, -0.25) is 14.4 Å². The number of carbonyl (C=O) groups is 3. The number of aliphatic hydroxyl groups excluding tert-OH is 1. The highest BCUT2D eigenvalue weighted by molar-refractivity contribution is 6.22. The van der Waals surface area contributed by atoms with Crippen molar-refractivity contribution in [1.29, 1.82) is 0 Å². The van der Waals surface area contributed by atoms with Gasteiger partial charge in [0.1, 0.15) is 11.5 Å². The number of aliphatic hydroxyl groups is 1. The summed E-state index contributed by atoms with van der Waals surface area (Å²) in [5.74, 6) is -0.892. The second kappa shape index (κ2) is 6.99. The van der Waals surface area contributed by atoms with E-state index < -0.39 is 5.97 Å². The van der Waals surface area contributed by atoms with Crippen LogP contribution < -0.4 is 4.74 Å². The third-order valence-electron chi connectivity index (χ3n) is 4.28. The van der Waals surface area contributed by atoms with E-state index in [1.807, 2.05) is 13.8 Å². The highest BCUT2D eigenvalue weighted by Gasteiger charge is 2.34. The molecule has 1 aliphatic rings. The number of aryl methyl sites for hydroxylation is 2. The van der Waals surface area contributed by atoms with Gasteiger partial charge in [-0.05, 0) is 48.6 Å². The fraction of sp³-hybridized carbons (Fsp3) is 0.421.